The van der Waals surface area contributed by atoms with Crippen LogP contribution in [0.15, 0.2) is 24.3 Å². The second-order valence-electron chi connectivity index (χ2n) is 5.29. The monoisotopic (exact) mass is 336 g/mol. The summed E-state index contributed by atoms with van der Waals surface area (Å²) in [7, 11) is 0. The first-order valence-corrected chi connectivity index (χ1v) is 7.19. The van der Waals surface area contributed by atoms with Crippen molar-refractivity contribution in [1.29, 1.82) is 0 Å². The summed E-state index contributed by atoms with van der Waals surface area (Å²) >= 11 is 5.81. The minimum Gasteiger partial charge on any atom is -0.382 e. The second-order valence-corrected chi connectivity index (χ2v) is 5.72. The molecule has 1 N–H and O–H groups in total. The highest BCUT2D eigenvalue weighted by atomic mass is 35.5. The van der Waals surface area contributed by atoms with E-state index in [1.54, 1.807) is 12.1 Å². The van der Waals surface area contributed by atoms with Crippen LogP contribution in [0.25, 0.3) is 0 Å². The quantitative estimate of drug-likeness (QED) is 0.917. The molecule has 1 aromatic rings. The topological polar surface area (TPSA) is 41.6 Å². The molecule has 1 aromatic carbocycles. The summed E-state index contributed by atoms with van der Waals surface area (Å²) in [6, 6.07) is 7.28. The van der Waals surface area contributed by atoms with Crippen molar-refractivity contribution in [2.24, 2.45) is 5.92 Å². The molecule has 2 rings (SSSR count). The van der Waals surface area contributed by atoms with Crippen molar-refractivity contribution in [2.75, 3.05) is 18.4 Å². The zero-order chi connectivity index (χ0) is 16.3. The lowest BCUT2D eigenvalue weighted by molar-refractivity contribution is -0.243. The van der Waals surface area contributed by atoms with Crippen molar-refractivity contribution < 1.29 is 22.8 Å². The SMILES string of the molecule is C[C@H]1CN(OC(=O)C(F)(F)F)CC[C@H]1Nc1ccc(Cl)cc1. The van der Waals surface area contributed by atoms with Gasteiger partial charge in [0.25, 0.3) is 0 Å². The molecule has 0 saturated carbocycles. The smallest absolute Gasteiger partial charge is 0.382 e. The largest absolute Gasteiger partial charge is 0.492 e. The molecule has 0 aromatic heterocycles. The molecule has 8 heteroatoms. The Hall–Kier alpha value is -1.47. The Morgan fingerprint density at radius 3 is 2.55 bits per heavy atom. The Morgan fingerprint density at radius 1 is 1.36 bits per heavy atom. The molecular weight excluding hydrogens is 321 g/mol. The summed E-state index contributed by atoms with van der Waals surface area (Å²) in [6.45, 7) is 2.38. The van der Waals surface area contributed by atoms with Gasteiger partial charge in [0.15, 0.2) is 0 Å². The zero-order valence-corrected chi connectivity index (χ0v) is 12.6. The van der Waals surface area contributed by atoms with Crippen LogP contribution in [0, 0.1) is 5.92 Å². The fourth-order valence-electron chi connectivity index (χ4n) is 2.33. The highest BCUT2D eigenvalue weighted by molar-refractivity contribution is 6.30. The van der Waals surface area contributed by atoms with E-state index in [-0.39, 0.29) is 25.0 Å². The van der Waals surface area contributed by atoms with Gasteiger partial charge >= 0.3 is 12.1 Å². The third-order valence-electron chi connectivity index (χ3n) is 3.51. The summed E-state index contributed by atoms with van der Waals surface area (Å²) in [4.78, 5) is 15.2. The van der Waals surface area contributed by atoms with Crippen molar-refractivity contribution in [3.63, 3.8) is 0 Å². The van der Waals surface area contributed by atoms with Crippen LogP contribution in [0.3, 0.4) is 0 Å². The molecule has 2 atom stereocenters. The molecule has 1 heterocycles. The minimum absolute atomic E-state index is 0.0189. The van der Waals surface area contributed by atoms with E-state index < -0.39 is 12.1 Å². The van der Waals surface area contributed by atoms with E-state index in [4.69, 9.17) is 11.6 Å². The van der Waals surface area contributed by atoms with Crippen LogP contribution < -0.4 is 5.32 Å². The Kier molecular flexibility index (Phi) is 5.18. The van der Waals surface area contributed by atoms with Crippen LogP contribution in [0.5, 0.6) is 0 Å². The molecule has 1 aliphatic rings. The van der Waals surface area contributed by atoms with Crippen molar-refractivity contribution in [3.05, 3.63) is 29.3 Å². The summed E-state index contributed by atoms with van der Waals surface area (Å²) in [6.07, 6.45) is -4.41. The number of piperidine rings is 1. The number of hydrogen-bond donors (Lipinski definition) is 1. The predicted molar refractivity (Wildman–Crippen MR) is 76.4 cm³/mol. The number of carbonyl (C=O) groups is 1. The number of nitrogens with one attached hydrogen (secondary N) is 1. The number of rotatable bonds is 3. The van der Waals surface area contributed by atoms with E-state index in [0.717, 1.165) is 10.8 Å². The van der Waals surface area contributed by atoms with E-state index in [9.17, 15) is 18.0 Å². The predicted octanol–water partition coefficient (Wildman–Crippen LogP) is 3.48. The number of benzene rings is 1. The second kappa shape index (κ2) is 6.75. The summed E-state index contributed by atoms with van der Waals surface area (Å²) in [5.41, 5.74) is 0.891. The van der Waals surface area contributed by atoms with Crippen LogP contribution in [0.1, 0.15) is 13.3 Å². The van der Waals surface area contributed by atoms with Gasteiger partial charge in [-0.25, -0.2) is 4.79 Å². The van der Waals surface area contributed by atoms with Crippen molar-refractivity contribution in [2.45, 2.75) is 25.6 Å². The molecule has 0 radical (unpaired) electrons. The highest BCUT2D eigenvalue weighted by Gasteiger charge is 2.43. The van der Waals surface area contributed by atoms with Gasteiger partial charge in [0.1, 0.15) is 0 Å². The number of halogens is 4. The average molecular weight is 337 g/mol. The molecule has 22 heavy (non-hydrogen) atoms. The van der Waals surface area contributed by atoms with Gasteiger partial charge in [-0.15, -0.1) is 5.06 Å². The van der Waals surface area contributed by atoms with Crippen LogP contribution in [0.4, 0.5) is 18.9 Å². The molecule has 0 spiro atoms. The van der Waals surface area contributed by atoms with Gasteiger partial charge < -0.3 is 10.2 Å². The molecule has 1 saturated heterocycles. The summed E-state index contributed by atoms with van der Waals surface area (Å²) in [5.74, 6) is -2.16. The fraction of sp³-hybridized carbons (Fsp3) is 0.500. The minimum atomic E-state index is -4.97. The van der Waals surface area contributed by atoms with E-state index in [2.05, 4.69) is 10.2 Å². The van der Waals surface area contributed by atoms with Gasteiger partial charge in [-0.3, -0.25) is 0 Å². The number of anilines is 1. The van der Waals surface area contributed by atoms with E-state index >= 15 is 0 Å². The van der Waals surface area contributed by atoms with Crippen LogP contribution in [-0.4, -0.2) is 36.3 Å². The lowest BCUT2D eigenvalue weighted by Gasteiger charge is -2.36. The Labute approximate surface area is 131 Å². The molecule has 0 unspecified atom stereocenters. The van der Waals surface area contributed by atoms with Gasteiger partial charge in [0.2, 0.25) is 0 Å². The Morgan fingerprint density at radius 2 is 2.00 bits per heavy atom. The third-order valence-corrected chi connectivity index (χ3v) is 3.76. The van der Waals surface area contributed by atoms with Gasteiger partial charge in [0, 0.05) is 29.8 Å². The van der Waals surface area contributed by atoms with Crippen molar-refractivity contribution in [3.8, 4) is 0 Å². The molecule has 4 nitrogen and oxygen atoms in total. The van der Waals surface area contributed by atoms with Crippen LogP contribution >= 0.6 is 11.6 Å². The van der Waals surface area contributed by atoms with Crippen molar-refractivity contribution in [1.82, 2.24) is 5.06 Å². The normalized spacial score (nSPS) is 23.1. The van der Waals surface area contributed by atoms with Crippen LogP contribution in [-0.2, 0) is 9.63 Å². The summed E-state index contributed by atoms with van der Waals surface area (Å²) < 4.78 is 36.5. The molecular formula is C14H16ClF3N2O2. The zero-order valence-electron chi connectivity index (χ0n) is 11.9. The molecule has 1 fully saturated rings. The number of nitrogens with zero attached hydrogens (tertiary/aromatic N) is 1. The Balaban J connectivity index is 1.87. The molecule has 0 amide bonds. The van der Waals surface area contributed by atoms with Gasteiger partial charge in [0.05, 0.1) is 0 Å². The number of alkyl halides is 3. The maximum atomic E-state index is 12.2. The van der Waals surface area contributed by atoms with E-state index in [1.807, 2.05) is 19.1 Å². The highest BCUT2D eigenvalue weighted by Crippen LogP contribution is 2.24. The maximum Gasteiger partial charge on any atom is 0.492 e. The van der Waals surface area contributed by atoms with Crippen LogP contribution in [0.2, 0.25) is 5.02 Å². The van der Waals surface area contributed by atoms with E-state index in [1.165, 1.54) is 0 Å². The molecule has 1 aliphatic heterocycles. The average Bonchev–Trinajstić information content (AvgIpc) is 2.43. The van der Waals surface area contributed by atoms with E-state index in [0.29, 0.717) is 11.4 Å². The number of hydroxylamine groups is 2. The van der Waals surface area contributed by atoms with Crippen molar-refractivity contribution >= 4 is 23.3 Å². The molecule has 0 bridgehead atoms. The van der Waals surface area contributed by atoms with Gasteiger partial charge in [-0.2, -0.15) is 13.2 Å². The van der Waals surface area contributed by atoms with Gasteiger partial charge in [-0.1, -0.05) is 18.5 Å². The lowest BCUT2D eigenvalue weighted by Crippen LogP contribution is -2.47. The number of carbonyl (C=O) groups excluding carboxylic acids is 1. The first-order valence-electron chi connectivity index (χ1n) is 6.82. The maximum absolute atomic E-state index is 12.2. The fourth-order valence-corrected chi connectivity index (χ4v) is 2.46. The van der Waals surface area contributed by atoms with Gasteiger partial charge in [-0.05, 0) is 36.6 Å². The third kappa shape index (κ3) is 4.51. The summed E-state index contributed by atoms with van der Waals surface area (Å²) in [5, 5.41) is 5.02. The standard InChI is InChI=1S/C14H16ClF3N2O2/c1-9-8-20(22-13(21)14(16,17)18)7-6-12(9)19-11-4-2-10(15)3-5-11/h2-5,9,12,19H,6-8H2,1H3/t9-,12+/m0/s1. The molecule has 122 valence electrons. The Bertz CT molecular complexity index is 522. The first kappa shape index (κ1) is 16.9. The molecule has 0 aliphatic carbocycles. The first-order chi connectivity index (χ1) is 10.3. The number of hydrogen-bond acceptors (Lipinski definition) is 4. The lowest BCUT2D eigenvalue weighted by atomic mass is 9.95.